The molecule has 0 saturated heterocycles. The van der Waals surface area contributed by atoms with Crippen molar-refractivity contribution in [2.75, 3.05) is 0 Å². The predicted octanol–water partition coefficient (Wildman–Crippen LogP) is 4.99. The van der Waals surface area contributed by atoms with E-state index in [1.807, 2.05) is 26.0 Å². The van der Waals surface area contributed by atoms with Gasteiger partial charge in [0.1, 0.15) is 5.76 Å². The van der Waals surface area contributed by atoms with Crippen LogP contribution < -0.4 is 14.9 Å². The average Bonchev–Trinajstić information content (AvgIpc) is 3.41. The van der Waals surface area contributed by atoms with E-state index in [0.29, 0.717) is 41.6 Å². The standard InChI is InChI=1S/C28H25ClN4O4S2/c1-14(2)36-26(35)23-17(5)32-28-33(24(23)18-6-8-19(29)9-7-18)25(34)21(38-28)13-20-10-11-22(37-20)39-27-30-15(3)12-16(4)31-27/h6-14,24H,1-5H3/b21-13+/t24-/m0/s1. The number of esters is 1. The highest BCUT2D eigenvalue weighted by molar-refractivity contribution is 7.99. The molecular weight excluding hydrogens is 556 g/mol. The highest BCUT2D eigenvalue weighted by Crippen LogP contribution is 2.32. The monoisotopic (exact) mass is 580 g/mol. The van der Waals surface area contributed by atoms with Gasteiger partial charge in [-0.15, -0.1) is 0 Å². The number of nitrogens with zero attached hydrogens (tertiary/aromatic N) is 4. The molecule has 0 aliphatic carbocycles. The Morgan fingerprint density at radius 3 is 2.49 bits per heavy atom. The fourth-order valence-electron chi connectivity index (χ4n) is 4.25. The van der Waals surface area contributed by atoms with Gasteiger partial charge < -0.3 is 9.15 Å². The molecule has 0 spiro atoms. The van der Waals surface area contributed by atoms with E-state index in [1.165, 1.54) is 27.7 Å². The summed E-state index contributed by atoms with van der Waals surface area (Å²) in [5, 5.41) is 1.75. The molecule has 3 aromatic heterocycles. The smallest absolute Gasteiger partial charge is 0.338 e. The number of thiazole rings is 1. The van der Waals surface area contributed by atoms with Crippen molar-refractivity contribution in [3.63, 3.8) is 0 Å². The lowest BCUT2D eigenvalue weighted by Gasteiger charge is -2.25. The lowest BCUT2D eigenvalue weighted by Crippen LogP contribution is -2.40. The molecular formula is C28H25ClN4O4S2. The molecule has 1 aliphatic rings. The predicted molar refractivity (Wildman–Crippen MR) is 151 cm³/mol. The number of aryl methyl sites for hydroxylation is 2. The maximum Gasteiger partial charge on any atom is 0.338 e. The average molecular weight is 581 g/mol. The highest BCUT2D eigenvalue weighted by Gasteiger charge is 2.33. The van der Waals surface area contributed by atoms with E-state index >= 15 is 0 Å². The molecule has 1 aromatic carbocycles. The second-order valence-corrected chi connectivity index (χ2v) is 11.7. The van der Waals surface area contributed by atoms with Crippen LogP contribution in [0.3, 0.4) is 0 Å². The van der Waals surface area contributed by atoms with Crippen LogP contribution in [-0.4, -0.2) is 26.6 Å². The van der Waals surface area contributed by atoms with Crippen molar-refractivity contribution in [3.8, 4) is 0 Å². The van der Waals surface area contributed by atoms with E-state index in [4.69, 9.17) is 20.8 Å². The molecule has 5 rings (SSSR count). The van der Waals surface area contributed by atoms with Gasteiger partial charge in [-0.1, -0.05) is 35.1 Å². The van der Waals surface area contributed by atoms with E-state index in [1.54, 1.807) is 57.2 Å². The summed E-state index contributed by atoms with van der Waals surface area (Å²) in [6.07, 6.45) is 1.36. The molecule has 1 aliphatic heterocycles. The molecule has 0 radical (unpaired) electrons. The number of carbonyl (C=O) groups excluding carboxylic acids is 1. The summed E-state index contributed by atoms with van der Waals surface area (Å²) in [7, 11) is 0. The normalized spacial score (nSPS) is 15.5. The van der Waals surface area contributed by atoms with E-state index in [9.17, 15) is 9.59 Å². The van der Waals surface area contributed by atoms with Crippen molar-refractivity contribution >= 4 is 46.7 Å². The fraction of sp³-hybridized carbons (Fsp3) is 0.250. The first kappa shape index (κ1) is 27.1. The number of rotatable bonds is 6. The summed E-state index contributed by atoms with van der Waals surface area (Å²) in [6, 6.07) is 11.9. The Balaban J connectivity index is 1.56. The zero-order valence-corrected chi connectivity index (χ0v) is 24.3. The minimum absolute atomic E-state index is 0.288. The number of fused-ring (bicyclic) bond motifs is 1. The van der Waals surface area contributed by atoms with Crippen molar-refractivity contribution in [3.05, 3.63) is 101 Å². The Bertz CT molecular complexity index is 1760. The third-order valence-corrected chi connectivity index (χ3v) is 7.82. The summed E-state index contributed by atoms with van der Waals surface area (Å²) < 4.78 is 13.4. The number of hydrogen-bond acceptors (Lipinski definition) is 9. The fourth-order valence-corrected chi connectivity index (χ4v) is 6.23. The largest absolute Gasteiger partial charge is 0.459 e. The van der Waals surface area contributed by atoms with Crippen LogP contribution in [0.15, 0.2) is 78.2 Å². The van der Waals surface area contributed by atoms with Gasteiger partial charge in [-0.2, -0.15) is 0 Å². The maximum atomic E-state index is 13.8. The van der Waals surface area contributed by atoms with Crippen LogP contribution in [-0.2, 0) is 9.53 Å². The number of aromatic nitrogens is 3. The van der Waals surface area contributed by atoms with Crippen LogP contribution in [0.1, 0.15) is 49.5 Å². The van der Waals surface area contributed by atoms with Crippen LogP contribution in [0.25, 0.3) is 6.08 Å². The van der Waals surface area contributed by atoms with E-state index in [0.717, 1.165) is 17.0 Å². The molecule has 0 bridgehead atoms. The SMILES string of the molecule is CC1=C(C(=O)OC(C)C)[C@H](c2ccc(Cl)cc2)n2c(s/c(=C/c3ccc(Sc4nc(C)cc(C)n4)o3)c2=O)=N1. The summed E-state index contributed by atoms with van der Waals surface area (Å²) in [5.41, 5.74) is 3.00. The molecule has 4 heterocycles. The molecule has 200 valence electrons. The van der Waals surface area contributed by atoms with Gasteiger partial charge in [0.15, 0.2) is 15.1 Å². The van der Waals surface area contributed by atoms with E-state index in [-0.39, 0.29) is 11.7 Å². The van der Waals surface area contributed by atoms with Gasteiger partial charge in [0.05, 0.1) is 27.9 Å². The first-order valence-corrected chi connectivity index (χ1v) is 14.2. The Labute approximate surface area is 237 Å². The second kappa shape index (κ2) is 11.0. The Kier molecular flexibility index (Phi) is 7.61. The van der Waals surface area contributed by atoms with Crippen LogP contribution in [0.5, 0.6) is 0 Å². The minimum Gasteiger partial charge on any atom is -0.459 e. The first-order chi connectivity index (χ1) is 18.6. The summed E-state index contributed by atoms with van der Waals surface area (Å²) in [6.45, 7) is 9.14. The number of ether oxygens (including phenoxy) is 1. The van der Waals surface area contributed by atoms with Crippen LogP contribution in [0.2, 0.25) is 5.02 Å². The topological polar surface area (TPSA) is 99.6 Å². The summed E-state index contributed by atoms with van der Waals surface area (Å²) in [4.78, 5) is 40.9. The number of halogens is 1. The molecule has 4 aromatic rings. The lowest BCUT2D eigenvalue weighted by molar-refractivity contribution is -0.143. The Morgan fingerprint density at radius 2 is 1.82 bits per heavy atom. The molecule has 0 fully saturated rings. The molecule has 8 nitrogen and oxygen atoms in total. The number of benzene rings is 1. The van der Waals surface area contributed by atoms with Gasteiger partial charge in [-0.3, -0.25) is 9.36 Å². The zero-order chi connectivity index (χ0) is 27.8. The number of furan rings is 1. The molecule has 0 unspecified atom stereocenters. The number of carbonyl (C=O) groups is 1. The van der Waals surface area contributed by atoms with Gasteiger partial charge in [0.2, 0.25) is 0 Å². The van der Waals surface area contributed by atoms with Crippen molar-refractivity contribution < 1.29 is 13.9 Å². The molecule has 11 heteroatoms. The van der Waals surface area contributed by atoms with Crippen molar-refractivity contribution in [1.29, 1.82) is 0 Å². The molecule has 0 saturated carbocycles. The Hall–Kier alpha value is -3.47. The van der Waals surface area contributed by atoms with Gasteiger partial charge in [0, 0.05) is 22.5 Å². The molecule has 39 heavy (non-hydrogen) atoms. The lowest BCUT2D eigenvalue weighted by atomic mass is 9.96. The van der Waals surface area contributed by atoms with Crippen LogP contribution in [0, 0.1) is 13.8 Å². The molecule has 0 N–H and O–H groups in total. The maximum absolute atomic E-state index is 13.8. The van der Waals surface area contributed by atoms with Gasteiger partial charge in [-0.25, -0.2) is 19.8 Å². The quantitative estimate of drug-likeness (QED) is 0.234. The minimum atomic E-state index is -0.712. The summed E-state index contributed by atoms with van der Waals surface area (Å²) in [5.74, 6) is -0.00729. The van der Waals surface area contributed by atoms with Gasteiger partial charge in [0.25, 0.3) is 5.56 Å². The third kappa shape index (κ3) is 5.78. The number of allylic oxidation sites excluding steroid dienone is 1. The zero-order valence-electron chi connectivity index (χ0n) is 21.9. The molecule has 1 atom stereocenters. The molecule has 0 amide bonds. The summed E-state index contributed by atoms with van der Waals surface area (Å²) >= 11 is 8.67. The van der Waals surface area contributed by atoms with Crippen molar-refractivity contribution in [2.45, 2.75) is 57.0 Å². The van der Waals surface area contributed by atoms with Gasteiger partial charge in [-0.05, 0) is 82.3 Å². The van der Waals surface area contributed by atoms with E-state index < -0.39 is 12.0 Å². The first-order valence-electron chi connectivity index (χ1n) is 12.2. The third-order valence-electron chi connectivity index (χ3n) is 5.80. The van der Waals surface area contributed by atoms with Crippen molar-refractivity contribution in [1.82, 2.24) is 14.5 Å². The Morgan fingerprint density at radius 1 is 1.13 bits per heavy atom. The second-order valence-electron chi connectivity index (χ2n) is 9.28. The van der Waals surface area contributed by atoms with Crippen molar-refractivity contribution in [2.24, 2.45) is 4.99 Å². The van der Waals surface area contributed by atoms with E-state index in [2.05, 4.69) is 15.0 Å². The van der Waals surface area contributed by atoms with Crippen LogP contribution >= 0.6 is 34.7 Å². The van der Waals surface area contributed by atoms with Gasteiger partial charge >= 0.3 is 5.97 Å². The highest BCUT2D eigenvalue weighted by atomic mass is 35.5. The van der Waals surface area contributed by atoms with Crippen LogP contribution in [0.4, 0.5) is 0 Å². The number of hydrogen-bond donors (Lipinski definition) is 0.